The summed E-state index contributed by atoms with van der Waals surface area (Å²) in [7, 11) is 0. The quantitative estimate of drug-likeness (QED) is 0.842. The minimum atomic E-state index is -4.30. The Hall–Kier alpha value is -1.57. The summed E-state index contributed by atoms with van der Waals surface area (Å²) in [6.45, 7) is 7.56. The van der Waals surface area contributed by atoms with Crippen molar-refractivity contribution >= 4 is 12.4 Å². The molecule has 1 atom stereocenters. The molecule has 3 rings (SSSR count). The molecular formula is C19H26ClF3N4. The SMILES string of the molecule is CC1(C)CN(Cc2cnn(Cc3ccc(C(F)(F)F)cc3)c2)CCC1N.Cl. The fourth-order valence-electron chi connectivity index (χ4n) is 3.44. The van der Waals surface area contributed by atoms with Crippen LogP contribution in [0.15, 0.2) is 36.7 Å². The van der Waals surface area contributed by atoms with E-state index in [1.54, 1.807) is 4.68 Å². The molecule has 2 N–H and O–H groups in total. The maximum Gasteiger partial charge on any atom is 0.416 e. The Bertz CT molecular complexity index is 740. The highest BCUT2D eigenvalue weighted by atomic mass is 35.5. The van der Waals surface area contributed by atoms with Gasteiger partial charge < -0.3 is 5.73 Å². The average Bonchev–Trinajstić information content (AvgIpc) is 2.97. The van der Waals surface area contributed by atoms with E-state index in [0.717, 1.165) is 49.3 Å². The number of piperidine rings is 1. The van der Waals surface area contributed by atoms with E-state index in [4.69, 9.17) is 5.73 Å². The smallest absolute Gasteiger partial charge is 0.327 e. The molecule has 1 aromatic heterocycles. The number of alkyl halides is 3. The van der Waals surface area contributed by atoms with E-state index < -0.39 is 11.7 Å². The Morgan fingerprint density at radius 1 is 1.15 bits per heavy atom. The zero-order valence-electron chi connectivity index (χ0n) is 15.5. The van der Waals surface area contributed by atoms with Gasteiger partial charge in [0.1, 0.15) is 0 Å². The molecule has 1 unspecified atom stereocenters. The summed E-state index contributed by atoms with van der Waals surface area (Å²) >= 11 is 0. The van der Waals surface area contributed by atoms with Crippen LogP contribution in [0.3, 0.4) is 0 Å². The molecule has 0 bridgehead atoms. The van der Waals surface area contributed by atoms with Crippen LogP contribution in [0.4, 0.5) is 13.2 Å². The first-order valence-electron chi connectivity index (χ1n) is 8.79. The lowest BCUT2D eigenvalue weighted by Crippen LogP contribution is -2.51. The van der Waals surface area contributed by atoms with Gasteiger partial charge >= 0.3 is 6.18 Å². The minimum absolute atomic E-state index is 0. The van der Waals surface area contributed by atoms with Crippen LogP contribution in [0.5, 0.6) is 0 Å². The molecule has 2 aromatic rings. The van der Waals surface area contributed by atoms with Crippen molar-refractivity contribution in [1.82, 2.24) is 14.7 Å². The highest BCUT2D eigenvalue weighted by Crippen LogP contribution is 2.30. The molecule has 4 nitrogen and oxygen atoms in total. The number of rotatable bonds is 4. The zero-order valence-corrected chi connectivity index (χ0v) is 16.4. The van der Waals surface area contributed by atoms with E-state index >= 15 is 0 Å². The summed E-state index contributed by atoms with van der Waals surface area (Å²) in [5, 5.41) is 4.34. The molecule has 1 saturated heterocycles. The van der Waals surface area contributed by atoms with Crippen LogP contribution in [0.1, 0.15) is 37.0 Å². The Kier molecular flexibility index (Phi) is 6.60. The topological polar surface area (TPSA) is 47.1 Å². The van der Waals surface area contributed by atoms with Crippen LogP contribution in [0, 0.1) is 5.41 Å². The van der Waals surface area contributed by atoms with E-state index in [9.17, 15) is 13.2 Å². The number of nitrogens with two attached hydrogens (primary N) is 1. The minimum Gasteiger partial charge on any atom is -0.327 e. The van der Waals surface area contributed by atoms with Crippen molar-refractivity contribution < 1.29 is 13.2 Å². The molecule has 0 spiro atoms. The largest absolute Gasteiger partial charge is 0.416 e. The van der Waals surface area contributed by atoms with Gasteiger partial charge in [-0.3, -0.25) is 9.58 Å². The Morgan fingerprint density at radius 2 is 1.81 bits per heavy atom. The van der Waals surface area contributed by atoms with Gasteiger partial charge in [-0.25, -0.2) is 0 Å². The number of aromatic nitrogens is 2. The normalized spacial score (nSPS) is 20.3. The van der Waals surface area contributed by atoms with E-state index in [0.29, 0.717) is 6.54 Å². The molecule has 1 fully saturated rings. The van der Waals surface area contributed by atoms with Gasteiger partial charge in [0, 0.05) is 37.4 Å². The first-order valence-corrected chi connectivity index (χ1v) is 8.79. The number of hydrogen-bond donors (Lipinski definition) is 1. The Balaban J connectivity index is 0.00000261. The highest BCUT2D eigenvalue weighted by molar-refractivity contribution is 5.85. The second kappa shape index (κ2) is 8.20. The molecule has 0 saturated carbocycles. The Morgan fingerprint density at radius 3 is 2.41 bits per heavy atom. The predicted molar refractivity (Wildman–Crippen MR) is 102 cm³/mol. The maximum absolute atomic E-state index is 12.6. The summed E-state index contributed by atoms with van der Waals surface area (Å²) in [6.07, 6.45) is 0.458. The van der Waals surface area contributed by atoms with Crippen LogP contribution in [-0.4, -0.2) is 33.8 Å². The summed E-state index contributed by atoms with van der Waals surface area (Å²) in [5.74, 6) is 0. The predicted octanol–water partition coefficient (Wildman–Crippen LogP) is 3.93. The molecule has 1 aliphatic rings. The van der Waals surface area contributed by atoms with Gasteiger partial charge in [-0.2, -0.15) is 18.3 Å². The summed E-state index contributed by atoms with van der Waals surface area (Å²) < 4.78 is 39.6. The number of halogens is 4. The third-order valence-electron chi connectivity index (χ3n) is 5.11. The molecule has 150 valence electrons. The lowest BCUT2D eigenvalue weighted by molar-refractivity contribution is -0.137. The van der Waals surface area contributed by atoms with Gasteiger partial charge in [-0.05, 0) is 29.5 Å². The van der Waals surface area contributed by atoms with Crippen molar-refractivity contribution in [2.75, 3.05) is 13.1 Å². The van der Waals surface area contributed by atoms with Crippen molar-refractivity contribution in [3.8, 4) is 0 Å². The first kappa shape index (κ1) is 21.7. The number of benzene rings is 1. The van der Waals surface area contributed by atoms with E-state index in [2.05, 4.69) is 23.8 Å². The average molecular weight is 403 g/mol. The second-order valence-corrected chi connectivity index (χ2v) is 7.84. The van der Waals surface area contributed by atoms with Gasteiger partial charge in [-0.1, -0.05) is 26.0 Å². The standard InChI is InChI=1S/C19H25F3N4.ClH/c1-18(2)13-25(8-7-17(18)23)10-15-9-24-26(12-15)11-14-3-5-16(6-4-14)19(20,21)22;/h3-6,9,12,17H,7-8,10-11,13,23H2,1-2H3;1H. The van der Waals surface area contributed by atoms with Crippen molar-refractivity contribution in [2.24, 2.45) is 11.1 Å². The molecule has 2 heterocycles. The molecule has 8 heteroatoms. The van der Waals surface area contributed by atoms with Gasteiger partial charge in [-0.15, -0.1) is 12.4 Å². The summed E-state index contributed by atoms with van der Waals surface area (Å²) in [4.78, 5) is 2.38. The molecule has 27 heavy (non-hydrogen) atoms. The summed E-state index contributed by atoms with van der Waals surface area (Å²) in [6, 6.07) is 5.44. The lowest BCUT2D eigenvalue weighted by atomic mass is 9.79. The fraction of sp³-hybridized carbons (Fsp3) is 0.526. The second-order valence-electron chi connectivity index (χ2n) is 7.84. The van der Waals surface area contributed by atoms with Gasteiger partial charge in [0.25, 0.3) is 0 Å². The number of likely N-dealkylation sites (tertiary alicyclic amines) is 1. The molecular weight excluding hydrogens is 377 g/mol. The van der Waals surface area contributed by atoms with Crippen molar-refractivity contribution in [1.29, 1.82) is 0 Å². The van der Waals surface area contributed by atoms with Crippen LogP contribution in [-0.2, 0) is 19.3 Å². The van der Waals surface area contributed by atoms with Crippen molar-refractivity contribution in [2.45, 2.75) is 45.6 Å². The van der Waals surface area contributed by atoms with Crippen LogP contribution < -0.4 is 5.73 Å². The fourth-order valence-corrected chi connectivity index (χ4v) is 3.44. The van der Waals surface area contributed by atoms with Crippen LogP contribution in [0.2, 0.25) is 0 Å². The Labute approximate surface area is 163 Å². The van der Waals surface area contributed by atoms with Crippen molar-refractivity contribution in [3.63, 3.8) is 0 Å². The number of nitrogens with zero attached hydrogens (tertiary/aromatic N) is 3. The van der Waals surface area contributed by atoms with Crippen molar-refractivity contribution in [3.05, 3.63) is 53.3 Å². The van der Waals surface area contributed by atoms with Gasteiger partial charge in [0.05, 0.1) is 18.3 Å². The third-order valence-corrected chi connectivity index (χ3v) is 5.11. The van der Waals surface area contributed by atoms with E-state index in [1.807, 2.05) is 12.4 Å². The zero-order chi connectivity index (χ0) is 18.9. The lowest BCUT2D eigenvalue weighted by Gasteiger charge is -2.42. The van der Waals surface area contributed by atoms with Crippen LogP contribution in [0.25, 0.3) is 0 Å². The molecule has 0 radical (unpaired) electrons. The highest BCUT2D eigenvalue weighted by Gasteiger charge is 2.33. The van der Waals surface area contributed by atoms with Gasteiger partial charge in [0.15, 0.2) is 0 Å². The first-order chi connectivity index (χ1) is 12.1. The molecule has 0 aliphatic carbocycles. The maximum atomic E-state index is 12.6. The molecule has 1 aromatic carbocycles. The van der Waals surface area contributed by atoms with Crippen LogP contribution >= 0.6 is 12.4 Å². The summed E-state index contributed by atoms with van der Waals surface area (Å²) in [5.41, 5.74) is 7.53. The monoisotopic (exact) mass is 402 g/mol. The number of hydrogen-bond acceptors (Lipinski definition) is 3. The van der Waals surface area contributed by atoms with Gasteiger partial charge in [0.2, 0.25) is 0 Å². The third kappa shape index (κ3) is 5.46. The molecule has 1 aliphatic heterocycles. The molecule has 0 amide bonds. The van der Waals surface area contributed by atoms with E-state index in [1.165, 1.54) is 12.1 Å². The van der Waals surface area contributed by atoms with E-state index in [-0.39, 0.29) is 23.9 Å².